The molecule has 1 aliphatic rings. The molecular weight excluding hydrogens is 388 g/mol. The maximum absolute atomic E-state index is 12.4. The minimum absolute atomic E-state index is 0.249. The maximum atomic E-state index is 12.4. The van der Waals surface area contributed by atoms with Crippen LogP contribution in [-0.2, 0) is 21.3 Å². The summed E-state index contributed by atoms with van der Waals surface area (Å²) in [5.41, 5.74) is 1.22. The van der Waals surface area contributed by atoms with Crippen molar-refractivity contribution in [3.63, 3.8) is 0 Å². The predicted molar refractivity (Wildman–Crippen MR) is 118 cm³/mol. The molecule has 1 fully saturated rings. The van der Waals surface area contributed by atoms with E-state index in [9.17, 15) is 8.42 Å². The van der Waals surface area contributed by atoms with Crippen LogP contribution in [0.3, 0.4) is 0 Å². The highest BCUT2D eigenvalue weighted by Gasteiger charge is 2.31. The Morgan fingerprint density at radius 3 is 2.86 bits per heavy atom. The Morgan fingerprint density at radius 2 is 2.17 bits per heavy atom. The van der Waals surface area contributed by atoms with Gasteiger partial charge in [0.15, 0.2) is 5.96 Å². The van der Waals surface area contributed by atoms with Crippen molar-refractivity contribution >= 4 is 16.0 Å². The Kier molecular flexibility index (Phi) is 8.92. The van der Waals surface area contributed by atoms with Crippen LogP contribution in [0.5, 0.6) is 0 Å². The topological polar surface area (TPSA) is 83.0 Å². The van der Waals surface area contributed by atoms with Gasteiger partial charge in [-0.2, -0.15) is 0 Å². The van der Waals surface area contributed by atoms with Crippen LogP contribution in [0.4, 0.5) is 0 Å². The summed E-state index contributed by atoms with van der Waals surface area (Å²) in [4.78, 5) is 7.05. The van der Waals surface area contributed by atoms with E-state index in [1.54, 1.807) is 32.4 Å². The number of hydrogen-bond acceptors (Lipinski definition) is 4. The number of nitrogens with zero attached hydrogens (tertiary/aromatic N) is 2. The van der Waals surface area contributed by atoms with Crippen molar-refractivity contribution in [2.24, 2.45) is 10.4 Å². The van der Waals surface area contributed by atoms with Crippen molar-refractivity contribution in [2.75, 3.05) is 40.4 Å². The zero-order chi connectivity index (χ0) is 21.3. The molecule has 1 atom stereocenters. The summed E-state index contributed by atoms with van der Waals surface area (Å²) < 4.78 is 32.3. The highest BCUT2D eigenvalue weighted by molar-refractivity contribution is 7.89. The zero-order valence-corrected chi connectivity index (χ0v) is 19.0. The van der Waals surface area contributed by atoms with Crippen molar-refractivity contribution in [1.29, 1.82) is 0 Å². The van der Waals surface area contributed by atoms with Gasteiger partial charge in [0, 0.05) is 40.3 Å². The van der Waals surface area contributed by atoms with E-state index in [-0.39, 0.29) is 11.4 Å². The molecule has 0 aliphatic carbocycles. The van der Waals surface area contributed by atoms with Gasteiger partial charge in [0.25, 0.3) is 0 Å². The molecule has 1 heterocycles. The fourth-order valence-electron chi connectivity index (χ4n) is 4.00. The van der Waals surface area contributed by atoms with Gasteiger partial charge in [0.1, 0.15) is 0 Å². The molecule has 0 aromatic heterocycles. The molecule has 0 radical (unpaired) electrons. The van der Waals surface area contributed by atoms with E-state index in [1.807, 2.05) is 6.07 Å². The van der Waals surface area contributed by atoms with E-state index in [2.05, 4.69) is 33.8 Å². The van der Waals surface area contributed by atoms with Crippen LogP contribution in [-0.4, -0.2) is 59.7 Å². The minimum atomic E-state index is -3.54. The molecule has 164 valence electrons. The van der Waals surface area contributed by atoms with Crippen LogP contribution >= 0.6 is 0 Å². The minimum Gasteiger partial charge on any atom is -0.383 e. The van der Waals surface area contributed by atoms with Crippen molar-refractivity contribution in [2.45, 2.75) is 51.0 Å². The van der Waals surface area contributed by atoms with Crippen LogP contribution < -0.4 is 10.0 Å². The molecule has 0 amide bonds. The lowest BCUT2D eigenvalue weighted by Crippen LogP contribution is -2.49. The Morgan fingerprint density at radius 1 is 1.38 bits per heavy atom. The summed E-state index contributed by atoms with van der Waals surface area (Å²) in [6, 6.07) is 7.00. The molecule has 0 spiro atoms. The zero-order valence-electron chi connectivity index (χ0n) is 18.2. The number of aliphatic imine (C=N–C) groups is 1. The Balaban J connectivity index is 2.01. The standard InChI is InChI=1S/C21H36N4O3S/c1-5-10-21(2)11-7-13-25(17-21)20(22-3)23-16-18-8-6-9-19(15-18)29(26,27)24-12-14-28-4/h6,8-9,15,24H,5,7,10-14,16-17H2,1-4H3,(H,22,23). The first-order valence-corrected chi connectivity index (χ1v) is 11.8. The summed E-state index contributed by atoms with van der Waals surface area (Å²) >= 11 is 0. The smallest absolute Gasteiger partial charge is 0.240 e. The maximum Gasteiger partial charge on any atom is 0.240 e. The van der Waals surface area contributed by atoms with Crippen molar-refractivity contribution in [3.8, 4) is 0 Å². The lowest BCUT2D eigenvalue weighted by atomic mass is 9.78. The number of rotatable bonds is 9. The molecule has 0 saturated carbocycles. The van der Waals surface area contributed by atoms with Gasteiger partial charge in [-0.25, -0.2) is 13.1 Å². The molecule has 1 aromatic carbocycles. The highest BCUT2D eigenvalue weighted by Crippen LogP contribution is 2.33. The molecule has 1 saturated heterocycles. The number of hydrogen-bond donors (Lipinski definition) is 2. The van der Waals surface area contributed by atoms with Gasteiger partial charge in [-0.1, -0.05) is 32.4 Å². The number of methoxy groups -OCH3 is 1. The molecule has 29 heavy (non-hydrogen) atoms. The summed E-state index contributed by atoms with van der Waals surface area (Å²) in [7, 11) is -0.197. The molecular formula is C21H36N4O3S. The van der Waals surface area contributed by atoms with Crippen molar-refractivity contribution in [1.82, 2.24) is 14.9 Å². The third-order valence-corrected chi connectivity index (χ3v) is 6.86. The van der Waals surface area contributed by atoms with Gasteiger partial charge in [-0.3, -0.25) is 4.99 Å². The molecule has 7 nitrogen and oxygen atoms in total. The fraction of sp³-hybridized carbons (Fsp3) is 0.667. The number of guanidine groups is 1. The Hall–Kier alpha value is -1.64. The number of piperidine rings is 1. The van der Waals surface area contributed by atoms with Gasteiger partial charge in [0.2, 0.25) is 10.0 Å². The Labute approximate surface area is 176 Å². The first-order chi connectivity index (χ1) is 13.8. The molecule has 2 N–H and O–H groups in total. The summed E-state index contributed by atoms with van der Waals surface area (Å²) in [5.74, 6) is 0.874. The second-order valence-corrected chi connectivity index (χ2v) is 9.79. The van der Waals surface area contributed by atoms with Gasteiger partial charge in [-0.15, -0.1) is 0 Å². The quantitative estimate of drug-likeness (QED) is 0.362. The van der Waals surface area contributed by atoms with Crippen LogP contribution in [0, 0.1) is 5.41 Å². The van der Waals surface area contributed by atoms with Gasteiger partial charge >= 0.3 is 0 Å². The second kappa shape index (κ2) is 10.9. The van der Waals surface area contributed by atoms with E-state index in [0.29, 0.717) is 18.6 Å². The highest BCUT2D eigenvalue weighted by atomic mass is 32.2. The van der Waals surface area contributed by atoms with Gasteiger partial charge in [0.05, 0.1) is 11.5 Å². The predicted octanol–water partition coefficient (Wildman–Crippen LogP) is 2.59. The third kappa shape index (κ3) is 6.97. The number of ether oxygens (including phenoxy) is 1. The lowest BCUT2D eigenvalue weighted by Gasteiger charge is -2.42. The summed E-state index contributed by atoms with van der Waals surface area (Å²) in [6.45, 7) is 7.70. The van der Waals surface area contributed by atoms with E-state index in [1.165, 1.54) is 19.3 Å². The molecule has 0 bridgehead atoms. The number of benzene rings is 1. The normalized spacial score (nSPS) is 20.7. The van der Waals surface area contributed by atoms with Crippen LogP contribution in [0.1, 0.15) is 45.1 Å². The molecule has 1 unspecified atom stereocenters. The molecule has 8 heteroatoms. The first-order valence-electron chi connectivity index (χ1n) is 10.4. The van der Waals surface area contributed by atoms with E-state index < -0.39 is 10.0 Å². The molecule has 1 aromatic rings. The summed E-state index contributed by atoms with van der Waals surface area (Å²) in [6.07, 6.45) is 4.83. The number of nitrogens with one attached hydrogen (secondary N) is 2. The monoisotopic (exact) mass is 424 g/mol. The average molecular weight is 425 g/mol. The lowest BCUT2D eigenvalue weighted by molar-refractivity contribution is 0.142. The van der Waals surface area contributed by atoms with Crippen molar-refractivity contribution < 1.29 is 13.2 Å². The SMILES string of the molecule is CCCC1(C)CCCN(C(=NC)NCc2cccc(S(=O)(=O)NCCOC)c2)C1. The van der Waals surface area contributed by atoms with Gasteiger partial charge in [-0.05, 0) is 42.4 Å². The largest absolute Gasteiger partial charge is 0.383 e. The fourth-order valence-corrected chi connectivity index (χ4v) is 5.08. The van der Waals surface area contributed by atoms with Crippen LogP contribution in [0.25, 0.3) is 0 Å². The van der Waals surface area contributed by atoms with Crippen LogP contribution in [0.2, 0.25) is 0 Å². The van der Waals surface area contributed by atoms with Gasteiger partial charge < -0.3 is 15.0 Å². The Bertz CT molecular complexity index is 778. The average Bonchev–Trinajstić information content (AvgIpc) is 2.69. The number of likely N-dealkylation sites (tertiary alicyclic amines) is 1. The molecule has 1 aliphatic heterocycles. The first kappa shape index (κ1) is 23.6. The second-order valence-electron chi connectivity index (χ2n) is 8.02. The molecule has 2 rings (SSSR count). The number of sulfonamides is 1. The van der Waals surface area contributed by atoms with E-state index in [0.717, 1.165) is 31.0 Å². The summed E-state index contributed by atoms with van der Waals surface area (Å²) in [5, 5.41) is 3.41. The third-order valence-electron chi connectivity index (χ3n) is 5.40. The van der Waals surface area contributed by atoms with Crippen LogP contribution in [0.15, 0.2) is 34.2 Å². The van der Waals surface area contributed by atoms with Crippen molar-refractivity contribution in [3.05, 3.63) is 29.8 Å². The van der Waals surface area contributed by atoms with E-state index in [4.69, 9.17) is 4.74 Å². The van der Waals surface area contributed by atoms with E-state index >= 15 is 0 Å².